The van der Waals surface area contributed by atoms with E-state index in [1.165, 1.54) is 0 Å². The van der Waals surface area contributed by atoms with Crippen molar-refractivity contribution in [3.8, 4) is 5.75 Å². The van der Waals surface area contributed by atoms with Crippen LogP contribution in [0.2, 0.25) is 0 Å². The van der Waals surface area contributed by atoms with Crippen LogP contribution < -0.4 is 15.8 Å². The molecule has 0 saturated carbocycles. The van der Waals surface area contributed by atoms with Gasteiger partial charge < -0.3 is 20.5 Å². The van der Waals surface area contributed by atoms with E-state index in [4.69, 9.17) is 15.2 Å². The lowest BCUT2D eigenvalue weighted by atomic mass is 10.1. The second-order valence-corrected chi connectivity index (χ2v) is 6.06. The maximum absolute atomic E-state index is 12.1. The molecule has 3 aromatic rings. The Morgan fingerprint density at radius 3 is 2.71 bits per heavy atom. The molecule has 2 aromatic carbocycles. The average Bonchev–Trinajstić information content (AvgIpc) is 2.68. The third-order valence-corrected chi connectivity index (χ3v) is 3.94. The second-order valence-electron chi connectivity index (χ2n) is 6.06. The third kappa shape index (κ3) is 5.16. The van der Waals surface area contributed by atoms with Gasteiger partial charge in [-0.3, -0.25) is 4.79 Å². The molecule has 0 fully saturated rings. The molecular formula is C20H21N5O3. The van der Waals surface area contributed by atoms with E-state index in [1.807, 2.05) is 49.4 Å². The molecule has 0 amide bonds. The van der Waals surface area contributed by atoms with Crippen LogP contribution in [0.3, 0.4) is 0 Å². The largest absolute Gasteiger partial charge is 0.497 e. The number of methoxy groups -OCH3 is 1. The number of carbonyl (C=O) groups is 1. The summed E-state index contributed by atoms with van der Waals surface area (Å²) in [6, 6.07) is 15.0. The van der Waals surface area contributed by atoms with Crippen molar-refractivity contribution in [2.75, 3.05) is 18.2 Å². The van der Waals surface area contributed by atoms with E-state index >= 15 is 0 Å². The minimum atomic E-state index is -0.402. The number of nitrogens with two attached hydrogens (primary N) is 1. The lowest BCUT2D eigenvalue weighted by Gasteiger charge is -2.10. The molecule has 28 heavy (non-hydrogen) atoms. The highest BCUT2D eigenvalue weighted by Gasteiger charge is 2.10. The number of para-hydroxylation sites is 1. The topological polar surface area (TPSA) is 112 Å². The highest BCUT2D eigenvalue weighted by atomic mass is 16.5. The summed E-state index contributed by atoms with van der Waals surface area (Å²) in [5.41, 5.74) is 8.44. The van der Waals surface area contributed by atoms with Crippen molar-refractivity contribution in [3.05, 3.63) is 65.5 Å². The average molecular weight is 379 g/mol. The summed E-state index contributed by atoms with van der Waals surface area (Å²) < 4.78 is 10.4. The molecule has 0 aliphatic rings. The molecule has 8 heteroatoms. The zero-order valence-corrected chi connectivity index (χ0v) is 15.7. The van der Waals surface area contributed by atoms with E-state index in [1.54, 1.807) is 13.2 Å². The lowest BCUT2D eigenvalue weighted by Crippen LogP contribution is -2.12. The molecule has 0 spiro atoms. The summed E-state index contributed by atoms with van der Waals surface area (Å²) in [6.45, 7) is 1.87. The number of anilines is 3. The van der Waals surface area contributed by atoms with Gasteiger partial charge in [0.25, 0.3) is 0 Å². The number of ether oxygens (including phenoxy) is 2. The highest BCUT2D eigenvalue weighted by Crippen LogP contribution is 2.18. The van der Waals surface area contributed by atoms with E-state index in [9.17, 15) is 4.79 Å². The van der Waals surface area contributed by atoms with Gasteiger partial charge in [-0.15, -0.1) is 0 Å². The van der Waals surface area contributed by atoms with Gasteiger partial charge in [0.15, 0.2) is 12.4 Å². The van der Waals surface area contributed by atoms with E-state index in [0.29, 0.717) is 11.7 Å². The van der Waals surface area contributed by atoms with Crippen molar-refractivity contribution < 1.29 is 14.3 Å². The monoisotopic (exact) mass is 379 g/mol. The Labute approximate surface area is 162 Å². The number of benzene rings is 2. The predicted molar refractivity (Wildman–Crippen MR) is 105 cm³/mol. The molecule has 0 aliphatic heterocycles. The number of aromatic nitrogens is 3. The van der Waals surface area contributed by atoms with Crippen LogP contribution >= 0.6 is 0 Å². The van der Waals surface area contributed by atoms with Crippen LogP contribution in [-0.2, 0) is 22.6 Å². The molecular weight excluding hydrogens is 358 g/mol. The summed E-state index contributed by atoms with van der Waals surface area (Å²) in [7, 11) is 1.57. The fourth-order valence-corrected chi connectivity index (χ4v) is 2.54. The number of carbonyl (C=O) groups excluding carboxylic acids is 1. The molecule has 0 atom stereocenters. The van der Waals surface area contributed by atoms with Gasteiger partial charge in [0.1, 0.15) is 5.75 Å². The molecule has 0 aliphatic carbocycles. The maximum atomic E-state index is 12.1. The Hall–Kier alpha value is -3.68. The Morgan fingerprint density at radius 2 is 1.93 bits per heavy atom. The summed E-state index contributed by atoms with van der Waals surface area (Å²) in [4.78, 5) is 24.5. The fraction of sp³-hybridized carbons (Fsp3) is 0.200. The standard InChI is InChI=1S/C20H21N5O3/c1-13-6-3-4-9-16(13)22-20-24-17(23-19(21)25-20)12-28-18(26)11-14-7-5-8-15(10-14)27-2/h3-10H,11-12H2,1-2H3,(H3,21,22,23,24,25). The molecule has 3 rings (SSSR count). The van der Waals surface area contributed by atoms with Crippen molar-refractivity contribution >= 4 is 23.6 Å². The predicted octanol–water partition coefficient (Wildman–Crippen LogP) is 2.80. The van der Waals surface area contributed by atoms with Crippen LogP contribution in [0, 0.1) is 6.92 Å². The van der Waals surface area contributed by atoms with Crippen LogP contribution in [-0.4, -0.2) is 28.0 Å². The summed E-state index contributed by atoms with van der Waals surface area (Å²) >= 11 is 0. The van der Waals surface area contributed by atoms with Crippen LogP contribution in [0.25, 0.3) is 0 Å². The van der Waals surface area contributed by atoms with Gasteiger partial charge in [-0.25, -0.2) is 0 Å². The first-order valence-electron chi connectivity index (χ1n) is 8.65. The highest BCUT2D eigenvalue weighted by molar-refractivity contribution is 5.72. The van der Waals surface area contributed by atoms with E-state index < -0.39 is 5.97 Å². The molecule has 144 valence electrons. The first-order chi connectivity index (χ1) is 13.5. The molecule has 1 heterocycles. The number of hydrogen-bond donors (Lipinski definition) is 2. The SMILES string of the molecule is COc1cccc(CC(=O)OCc2nc(N)nc(Nc3ccccc3C)n2)c1. The molecule has 0 saturated heterocycles. The first-order valence-corrected chi connectivity index (χ1v) is 8.65. The minimum absolute atomic E-state index is 0.0462. The van der Waals surface area contributed by atoms with Gasteiger partial charge in [-0.05, 0) is 36.2 Å². The number of nitrogens with zero attached hydrogens (tertiary/aromatic N) is 3. The third-order valence-electron chi connectivity index (χ3n) is 3.94. The molecule has 0 unspecified atom stereocenters. The van der Waals surface area contributed by atoms with E-state index in [0.717, 1.165) is 16.8 Å². The van der Waals surface area contributed by atoms with Crippen molar-refractivity contribution in [3.63, 3.8) is 0 Å². The maximum Gasteiger partial charge on any atom is 0.310 e. The van der Waals surface area contributed by atoms with Gasteiger partial charge in [-0.1, -0.05) is 30.3 Å². The van der Waals surface area contributed by atoms with Crippen molar-refractivity contribution in [1.82, 2.24) is 15.0 Å². The number of hydrogen-bond acceptors (Lipinski definition) is 8. The number of aryl methyl sites for hydroxylation is 1. The van der Waals surface area contributed by atoms with E-state index in [2.05, 4.69) is 20.3 Å². The lowest BCUT2D eigenvalue weighted by molar-refractivity contribution is -0.144. The summed E-state index contributed by atoms with van der Waals surface area (Å²) in [5, 5.41) is 3.10. The first kappa shape index (κ1) is 19.1. The number of nitrogens with one attached hydrogen (secondary N) is 1. The van der Waals surface area contributed by atoms with Crippen LogP contribution in [0.4, 0.5) is 17.6 Å². The van der Waals surface area contributed by atoms with Gasteiger partial charge in [-0.2, -0.15) is 15.0 Å². The van der Waals surface area contributed by atoms with Crippen molar-refractivity contribution in [2.24, 2.45) is 0 Å². The van der Waals surface area contributed by atoms with Crippen molar-refractivity contribution in [2.45, 2.75) is 20.0 Å². The van der Waals surface area contributed by atoms with Gasteiger partial charge in [0.2, 0.25) is 11.9 Å². The van der Waals surface area contributed by atoms with Crippen LogP contribution in [0.5, 0.6) is 5.75 Å². The fourth-order valence-electron chi connectivity index (χ4n) is 2.54. The van der Waals surface area contributed by atoms with Gasteiger partial charge in [0, 0.05) is 5.69 Å². The Bertz CT molecular complexity index is 978. The zero-order valence-electron chi connectivity index (χ0n) is 15.7. The Morgan fingerprint density at radius 1 is 1.11 bits per heavy atom. The van der Waals surface area contributed by atoms with E-state index in [-0.39, 0.29) is 24.8 Å². The minimum Gasteiger partial charge on any atom is -0.497 e. The molecule has 0 radical (unpaired) electrons. The number of esters is 1. The normalized spacial score (nSPS) is 10.4. The zero-order chi connectivity index (χ0) is 19.9. The Balaban J connectivity index is 1.63. The molecule has 8 nitrogen and oxygen atoms in total. The number of nitrogen functional groups attached to an aromatic ring is 1. The van der Waals surface area contributed by atoms with Crippen LogP contribution in [0.15, 0.2) is 48.5 Å². The molecule has 1 aromatic heterocycles. The molecule has 0 bridgehead atoms. The van der Waals surface area contributed by atoms with Gasteiger partial charge in [0.05, 0.1) is 13.5 Å². The van der Waals surface area contributed by atoms with Crippen molar-refractivity contribution in [1.29, 1.82) is 0 Å². The smallest absolute Gasteiger partial charge is 0.310 e. The quantitative estimate of drug-likeness (QED) is 0.603. The second kappa shape index (κ2) is 8.81. The van der Waals surface area contributed by atoms with Crippen LogP contribution in [0.1, 0.15) is 17.0 Å². The summed E-state index contributed by atoms with van der Waals surface area (Å²) in [5.74, 6) is 0.885. The Kier molecular flexibility index (Phi) is 6.01. The summed E-state index contributed by atoms with van der Waals surface area (Å²) in [6.07, 6.45) is 0.117. The molecule has 3 N–H and O–H groups in total. The number of rotatable bonds is 7. The van der Waals surface area contributed by atoms with Gasteiger partial charge >= 0.3 is 5.97 Å².